The average molecular weight is 398 g/mol. The number of piperidine rings is 1. The van der Waals surface area contributed by atoms with Gasteiger partial charge < -0.3 is 4.90 Å². The van der Waals surface area contributed by atoms with E-state index in [9.17, 15) is 4.79 Å². The minimum absolute atomic E-state index is 0.273. The molecule has 4 rings (SSSR count). The maximum Gasteiger partial charge on any atom is 0.255 e. The van der Waals surface area contributed by atoms with E-state index in [1.807, 2.05) is 6.20 Å². The summed E-state index contributed by atoms with van der Waals surface area (Å²) in [5.41, 5.74) is 4.70. The van der Waals surface area contributed by atoms with Crippen LogP contribution in [-0.4, -0.2) is 39.8 Å². The summed E-state index contributed by atoms with van der Waals surface area (Å²) in [6, 6.07) is 4.76. The van der Waals surface area contributed by atoms with Crippen molar-refractivity contribution in [1.82, 2.24) is 14.8 Å². The van der Waals surface area contributed by atoms with Crippen LogP contribution in [0.5, 0.6) is 0 Å². The molecule has 2 aliphatic rings. The molecule has 5 heteroatoms. The first-order chi connectivity index (χ1) is 13.7. The van der Waals surface area contributed by atoms with Crippen molar-refractivity contribution in [3.05, 3.63) is 51.0 Å². The Bertz CT molecular complexity index is 814. The Kier molecular flexibility index (Phi) is 6.12. The minimum Gasteiger partial charge on any atom is -0.336 e. The van der Waals surface area contributed by atoms with Crippen molar-refractivity contribution in [2.75, 3.05) is 13.1 Å². The second-order valence-electron chi connectivity index (χ2n) is 8.08. The minimum atomic E-state index is 0.273. The normalized spacial score (nSPS) is 20.2. The number of thiophene rings is 1. The van der Waals surface area contributed by atoms with Gasteiger partial charge in [0.2, 0.25) is 0 Å². The lowest BCUT2D eigenvalue weighted by Gasteiger charge is -2.35. The highest BCUT2D eigenvalue weighted by Crippen LogP contribution is 2.32. The van der Waals surface area contributed by atoms with Gasteiger partial charge in [-0.1, -0.05) is 19.9 Å². The molecule has 2 aliphatic heterocycles. The van der Waals surface area contributed by atoms with Crippen molar-refractivity contribution in [3.63, 3.8) is 0 Å². The number of amides is 1. The molecule has 0 bridgehead atoms. The molecule has 0 N–H and O–H groups in total. The number of rotatable bonds is 5. The van der Waals surface area contributed by atoms with Crippen LogP contribution in [0.1, 0.15) is 71.6 Å². The van der Waals surface area contributed by atoms with E-state index in [-0.39, 0.29) is 5.91 Å². The van der Waals surface area contributed by atoms with E-state index in [2.05, 4.69) is 46.1 Å². The molecule has 0 aromatic carbocycles. The summed E-state index contributed by atoms with van der Waals surface area (Å²) >= 11 is 1.76. The van der Waals surface area contributed by atoms with Crippen molar-refractivity contribution in [2.45, 2.75) is 71.5 Å². The second-order valence-corrected chi connectivity index (χ2v) is 9.04. The molecule has 0 spiro atoms. The molecule has 1 amide bonds. The summed E-state index contributed by atoms with van der Waals surface area (Å²) in [4.78, 5) is 23.8. The van der Waals surface area contributed by atoms with Crippen LogP contribution in [0, 0.1) is 0 Å². The third-order valence-corrected chi connectivity index (χ3v) is 7.31. The molecule has 1 atom stereocenters. The van der Waals surface area contributed by atoms with Crippen molar-refractivity contribution in [2.24, 2.45) is 0 Å². The van der Waals surface area contributed by atoms with Gasteiger partial charge in [-0.15, -0.1) is 11.3 Å². The van der Waals surface area contributed by atoms with Crippen molar-refractivity contribution in [3.8, 4) is 0 Å². The fourth-order valence-electron chi connectivity index (χ4n) is 4.53. The lowest BCUT2D eigenvalue weighted by Crippen LogP contribution is -2.43. The lowest BCUT2D eigenvalue weighted by atomic mass is 9.97. The average Bonchev–Trinajstić information content (AvgIpc) is 3.17. The van der Waals surface area contributed by atoms with Gasteiger partial charge in [-0.25, -0.2) is 0 Å². The van der Waals surface area contributed by atoms with Crippen LogP contribution in [0.15, 0.2) is 23.7 Å². The van der Waals surface area contributed by atoms with Gasteiger partial charge in [-0.3, -0.25) is 14.7 Å². The second kappa shape index (κ2) is 8.75. The first-order valence-electron chi connectivity index (χ1n) is 10.8. The van der Waals surface area contributed by atoms with Crippen molar-refractivity contribution >= 4 is 17.2 Å². The summed E-state index contributed by atoms with van der Waals surface area (Å²) in [5, 5.41) is 2.12. The third-order valence-electron chi connectivity index (χ3n) is 6.30. The maximum absolute atomic E-state index is 13.2. The van der Waals surface area contributed by atoms with E-state index in [4.69, 9.17) is 0 Å². The molecule has 4 nitrogen and oxygen atoms in total. The van der Waals surface area contributed by atoms with Gasteiger partial charge in [-0.2, -0.15) is 0 Å². The van der Waals surface area contributed by atoms with Crippen LogP contribution in [0.25, 0.3) is 0 Å². The predicted molar refractivity (Wildman–Crippen MR) is 115 cm³/mol. The Morgan fingerprint density at radius 1 is 1.25 bits per heavy atom. The molecular formula is C23H31N3OS. The number of hydrogen-bond acceptors (Lipinski definition) is 4. The Balaban J connectivity index is 1.44. The third kappa shape index (κ3) is 4.01. The predicted octanol–water partition coefficient (Wildman–Crippen LogP) is 4.67. The van der Waals surface area contributed by atoms with E-state index < -0.39 is 0 Å². The Hall–Kier alpha value is -1.72. The van der Waals surface area contributed by atoms with Crippen LogP contribution in [0.3, 0.4) is 0 Å². The van der Waals surface area contributed by atoms with E-state index in [0.717, 1.165) is 69.5 Å². The highest BCUT2D eigenvalue weighted by Gasteiger charge is 2.30. The number of pyridine rings is 1. The molecule has 28 heavy (non-hydrogen) atoms. The standard InChI is InChI=1S/C23H31N3OS/c1-3-17-8-9-18(24-13-17)14-25-12-10-20-21(16-28-22(20)15-25)23(27)26-11-6-5-7-19(26)4-2/h8-9,13,16,19H,3-7,10-12,14-15H2,1-2H3/t19-/m1/s1. The molecule has 2 aromatic heterocycles. The zero-order valence-corrected chi connectivity index (χ0v) is 17.9. The van der Waals surface area contributed by atoms with Gasteiger partial charge >= 0.3 is 0 Å². The zero-order chi connectivity index (χ0) is 19.5. The number of likely N-dealkylation sites (tertiary alicyclic amines) is 1. The first kappa shape index (κ1) is 19.6. The van der Waals surface area contributed by atoms with Crippen LogP contribution in [0.2, 0.25) is 0 Å². The number of carbonyl (C=O) groups is 1. The van der Waals surface area contributed by atoms with E-state index in [1.54, 1.807) is 11.3 Å². The van der Waals surface area contributed by atoms with E-state index in [0.29, 0.717) is 6.04 Å². The molecule has 4 heterocycles. The number of hydrogen-bond donors (Lipinski definition) is 0. The summed E-state index contributed by atoms with van der Waals surface area (Å²) in [7, 11) is 0. The van der Waals surface area contributed by atoms with Gasteiger partial charge in [-0.05, 0) is 55.7 Å². The van der Waals surface area contributed by atoms with Gasteiger partial charge in [0.15, 0.2) is 0 Å². The maximum atomic E-state index is 13.2. The monoisotopic (exact) mass is 397 g/mol. The number of nitrogens with zero attached hydrogens (tertiary/aromatic N) is 3. The summed E-state index contributed by atoms with van der Waals surface area (Å²) in [5.74, 6) is 0.273. The Morgan fingerprint density at radius 2 is 2.14 bits per heavy atom. The van der Waals surface area contributed by atoms with Crippen LogP contribution in [0.4, 0.5) is 0 Å². The molecule has 0 saturated carbocycles. The number of fused-ring (bicyclic) bond motifs is 1. The van der Waals surface area contributed by atoms with Crippen LogP contribution in [-0.2, 0) is 25.9 Å². The largest absolute Gasteiger partial charge is 0.336 e. The molecule has 150 valence electrons. The van der Waals surface area contributed by atoms with Gasteiger partial charge in [0.05, 0.1) is 11.3 Å². The summed E-state index contributed by atoms with van der Waals surface area (Å²) in [6.45, 7) is 8.10. The number of aromatic nitrogens is 1. The number of carbonyl (C=O) groups excluding carboxylic acids is 1. The quantitative estimate of drug-likeness (QED) is 0.736. The van der Waals surface area contributed by atoms with Crippen molar-refractivity contribution < 1.29 is 4.79 Å². The van der Waals surface area contributed by atoms with Crippen LogP contribution < -0.4 is 0 Å². The van der Waals surface area contributed by atoms with E-state index in [1.165, 1.54) is 22.4 Å². The summed E-state index contributed by atoms with van der Waals surface area (Å²) < 4.78 is 0. The molecular weight excluding hydrogens is 366 g/mol. The zero-order valence-electron chi connectivity index (χ0n) is 17.1. The molecule has 1 saturated heterocycles. The van der Waals surface area contributed by atoms with Gasteiger partial charge in [0.25, 0.3) is 5.91 Å². The highest BCUT2D eigenvalue weighted by molar-refractivity contribution is 7.10. The SMILES string of the molecule is CCc1ccc(CN2CCc3c(C(=O)N4CCCC[C@H]4CC)csc3C2)nc1. The Labute approximate surface area is 172 Å². The van der Waals surface area contributed by atoms with E-state index >= 15 is 0 Å². The Morgan fingerprint density at radius 3 is 2.89 bits per heavy atom. The highest BCUT2D eigenvalue weighted by atomic mass is 32.1. The van der Waals surface area contributed by atoms with Crippen molar-refractivity contribution in [1.29, 1.82) is 0 Å². The molecule has 2 aromatic rings. The lowest BCUT2D eigenvalue weighted by molar-refractivity contribution is 0.0606. The topological polar surface area (TPSA) is 36.4 Å². The number of aryl methyl sites for hydroxylation is 1. The fraction of sp³-hybridized carbons (Fsp3) is 0.565. The summed E-state index contributed by atoms with van der Waals surface area (Å²) in [6.07, 6.45) is 8.62. The van der Waals surface area contributed by atoms with Crippen LogP contribution >= 0.6 is 11.3 Å². The van der Waals surface area contributed by atoms with Gasteiger partial charge in [0, 0.05) is 48.7 Å². The first-order valence-corrected chi connectivity index (χ1v) is 11.6. The molecule has 0 radical (unpaired) electrons. The smallest absolute Gasteiger partial charge is 0.255 e. The molecule has 0 unspecified atom stereocenters. The molecule has 1 fully saturated rings. The fourth-order valence-corrected chi connectivity index (χ4v) is 5.64. The molecule has 0 aliphatic carbocycles. The van der Waals surface area contributed by atoms with Gasteiger partial charge in [0.1, 0.15) is 0 Å².